The predicted molar refractivity (Wildman–Crippen MR) is 177 cm³/mol. The lowest BCUT2D eigenvalue weighted by molar-refractivity contribution is -0.164. The standard InChI is InChI=1S/C38H68O4/c1-6-7-8-9-10-11-12-13-14-15-16-17-18-19-20-22-35(39)42-30-27-31(2)23-25-33-32(3)24-26-34-37(33,4)28-21-29-38(34,5)36(40)41/h31,33-34H,3,6-30H2,1-2,4-5H3,(H,40,41)/t31-,33?,34+,37+,38-/m0/s1. The first kappa shape index (κ1) is 36.9. The number of ether oxygens (including phenoxy) is 1. The fourth-order valence-electron chi connectivity index (χ4n) is 8.42. The molecule has 4 nitrogen and oxygen atoms in total. The molecule has 244 valence electrons. The lowest BCUT2D eigenvalue weighted by atomic mass is 9.46. The summed E-state index contributed by atoms with van der Waals surface area (Å²) in [7, 11) is 0. The van der Waals surface area contributed by atoms with Crippen molar-refractivity contribution in [3.8, 4) is 0 Å². The molecule has 0 aromatic rings. The van der Waals surface area contributed by atoms with E-state index in [1.54, 1.807) is 0 Å². The van der Waals surface area contributed by atoms with Crippen LogP contribution in [0, 0.1) is 28.6 Å². The van der Waals surface area contributed by atoms with Crippen LogP contribution in [0.2, 0.25) is 0 Å². The van der Waals surface area contributed by atoms with Crippen LogP contribution in [0.15, 0.2) is 12.2 Å². The van der Waals surface area contributed by atoms with Gasteiger partial charge in [0.15, 0.2) is 0 Å². The summed E-state index contributed by atoms with van der Waals surface area (Å²) in [6.07, 6.45) is 28.4. The van der Waals surface area contributed by atoms with E-state index in [-0.39, 0.29) is 17.3 Å². The number of unbranched alkanes of at least 4 members (excludes halogenated alkanes) is 14. The first-order valence-electron chi connectivity index (χ1n) is 18.2. The van der Waals surface area contributed by atoms with Crippen molar-refractivity contribution < 1.29 is 19.4 Å². The van der Waals surface area contributed by atoms with Gasteiger partial charge in [-0.05, 0) is 81.5 Å². The number of fused-ring (bicyclic) bond motifs is 1. The van der Waals surface area contributed by atoms with Gasteiger partial charge in [0.1, 0.15) is 0 Å². The van der Waals surface area contributed by atoms with Crippen molar-refractivity contribution in [2.45, 2.75) is 182 Å². The van der Waals surface area contributed by atoms with Crippen LogP contribution >= 0.6 is 0 Å². The Hall–Kier alpha value is -1.32. The van der Waals surface area contributed by atoms with Gasteiger partial charge in [-0.2, -0.15) is 0 Å². The fraction of sp³-hybridized carbons (Fsp3) is 0.895. The van der Waals surface area contributed by atoms with Crippen molar-refractivity contribution in [1.82, 2.24) is 0 Å². The molecule has 0 saturated heterocycles. The van der Waals surface area contributed by atoms with Crippen LogP contribution in [0.1, 0.15) is 182 Å². The van der Waals surface area contributed by atoms with Gasteiger partial charge in [-0.15, -0.1) is 0 Å². The molecule has 5 atom stereocenters. The predicted octanol–water partition coefficient (Wildman–Crippen LogP) is 11.5. The summed E-state index contributed by atoms with van der Waals surface area (Å²) in [5.74, 6) is 0.440. The minimum Gasteiger partial charge on any atom is -0.481 e. The minimum atomic E-state index is -0.621. The van der Waals surface area contributed by atoms with Gasteiger partial charge in [-0.1, -0.05) is 129 Å². The summed E-state index contributed by atoms with van der Waals surface area (Å²) in [5, 5.41) is 10.1. The number of carbonyl (C=O) groups is 2. The van der Waals surface area contributed by atoms with Crippen molar-refractivity contribution in [3.63, 3.8) is 0 Å². The Bertz CT molecular complexity index is 790. The molecule has 42 heavy (non-hydrogen) atoms. The molecule has 1 unspecified atom stereocenters. The summed E-state index contributed by atoms with van der Waals surface area (Å²) in [6, 6.07) is 0. The van der Waals surface area contributed by atoms with E-state index in [4.69, 9.17) is 4.74 Å². The number of hydrogen-bond acceptors (Lipinski definition) is 3. The van der Waals surface area contributed by atoms with Crippen molar-refractivity contribution in [1.29, 1.82) is 0 Å². The second-order valence-electron chi connectivity index (χ2n) is 14.8. The average molecular weight is 589 g/mol. The Kier molecular flexibility index (Phi) is 17.4. The van der Waals surface area contributed by atoms with Gasteiger partial charge in [0.25, 0.3) is 0 Å². The average Bonchev–Trinajstić information content (AvgIpc) is 2.94. The number of aliphatic carboxylic acids is 1. The molecule has 0 aliphatic heterocycles. The quantitative estimate of drug-likeness (QED) is 0.0732. The first-order valence-corrected chi connectivity index (χ1v) is 18.2. The van der Waals surface area contributed by atoms with Gasteiger partial charge < -0.3 is 9.84 Å². The van der Waals surface area contributed by atoms with Gasteiger partial charge in [-0.25, -0.2) is 0 Å². The number of esters is 1. The van der Waals surface area contributed by atoms with E-state index < -0.39 is 11.4 Å². The highest BCUT2D eigenvalue weighted by atomic mass is 16.5. The summed E-state index contributed by atoms with van der Waals surface area (Å²) < 4.78 is 5.58. The van der Waals surface area contributed by atoms with E-state index in [0.29, 0.717) is 24.9 Å². The van der Waals surface area contributed by atoms with E-state index in [1.807, 2.05) is 6.92 Å². The molecule has 4 heteroatoms. The molecule has 2 rings (SSSR count). The number of hydrogen-bond donors (Lipinski definition) is 1. The molecule has 0 aromatic heterocycles. The normalized spacial score (nSPS) is 26.5. The molecule has 2 saturated carbocycles. The van der Waals surface area contributed by atoms with Crippen LogP contribution in [0.5, 0.6) is 0 Å². The van der Waals surface area contributed by atoms with Crippen molar-refractivity contribution in [2.24, 2.45) is 28.6 Å². The van der Waals surface area contributed by atoms with Gasteiger partial charge >= 0.3 is 11.9 Å². The fourth-order valence-corrected chi connectivity index (χ4v) is 8.42. The van der Waals surface area contributed by atoms with Crippen LogP contribution in [-0.2, 0) is 14.3 Å². The summed E-state index contributed by atoms with van der Waals surface area (Å²) in [6.45, 7) is 13.8. The SMILES string of the molecule is C=C1CC[C@H]2[C@@](C)(C(=O)O)CCC[C@]2(C)C1CC[C@H](C)CCOC(=O)CCCCCCCCCCCCCCCCC. The summed E-state index contributed by atoms with van der Waals surface area (Å²) in [4.78, 5) is 24.5. The largest absolute Gasteiger partial charge is 0.481 e. The third-order valence-electron chi connectivity index (χ3n) is 11.3. The number of carbonyl (C=O) groups excluding carboxylic acids is 1. The molecule has 2 fully saturated rings. The Morgan fingerprint density at radius 2 is 1.43 bits per heavy atom. The maximum atomic E-state index is 12.2. The third kappa shape index (κ3) is 12.0. The summed E-state index contributed by atoms with van der Waals surface area (Å²) in [5.41, 5.74) is 0.740. The number of rotatable bonds is 23. The molecular weight excluding hydrogens is 520 g/mol. The lowest BCUT2D eigenvalue weighted by Crippen LogP contribution is -2.53. The van der Waals surface area contributed by atoms with E-state index >= 15 is 0 Å². The molecule has 0 spiro atoms. The van der Waals surface area contributed by atoms with Crippen molar-refractivity contribution in [2.75, 3.05) is 6.61 Å². The van der Waals surface area contributed by atoms with Crippen molar-refractivity contribution >= 4 is 11.9 Å². The zero-order chi connectivity index (χ0) is 30.8. The van der Waals surface area contributed by atoms with Crippen LogP contribution in [0.4, 0.5) is 0 Å². The van der Waals surface area contributed by atoms with Crippen LogP contribution < -0.4 is 0 Å². The molecule has 0 bridgehead atoms. The molecule has 2 aliphatic rings. The van der Waals surface area contributed by atoms with Crippen LogP contribution in [-0.4, -0.2) is 23.7 Å². The van der Waals surface area contributed by atoms with E-state index in [1.165, 1.54) is 89.0 Å². The molecule has 0 amide bonds. The molecule has 0 radical (unpaired) electrons. The second-order valence-corrected chi connectivity index (χ2v) is 14.8. The van der Waals surface area contributed by atoms with E-state index in [0.717, 1.165) is 64.2 Å². The maximum absolute atomic E-state index is 12.2. The smallest absolute Gasteiger partial charge is 0.309 e. The maximum Gasteiger partial charge on any atom is 0.309 e. The number of carboxylic acids is 1. The lowest BCUT2D eigenvalue weighted by Gasteiger charge is -2.57. The van der Waals surface area contributed by atoms with Gasteiger partial charge in [-0.3, -0.25) is 9.59 Å². The Morgan fingerprint density at radius 3 is 1.98 bits per heavy atom. The minimum absolute atomic E-state index is 0.0279. The topological polar surface area (TPSA) is 63.6 Å². The van der Waals surface area contributed by atoms with Gasteiger partial charge in [0.05, 0.1) is 12.0 Å². The van der Waals surface area contributed by atoms with Crippen LogP contribution in [0.25, 0.3) is 0 Å². The van der Waals surface area contributed by atoms with Crippen LogP contribution in [0.3, 0.4) is 0 Å². The molecule has 2 aliphatic carbocycles. The second kappa shape index (κ2) is 19.9. The molecule has 0 heterocycles. The zero-order valence-corrected chi connectivity index (χ0v) is 28.3. The highest BCUT2D eigenvalue weighted by Gasteiger charge is 2.57. The number of carboxylic acid groups (broad SMARTS) is 1. The first-order chi connectivity index (χ1) is 20.1. The molecule has 0 aromatic carbocycles. The Labute approximate surface area is 260 Å². The monoisotopic (exact) mass is 589 g/mol. The highest BCUT2D eigenvalue weighted by Crippen LogP contribution is 2.62. The summed E-state index contributed by atoms with van der Waals surface area (Å²) >= 11 is 0. The molecule has 1 N–H and O–H groups in total. The number of allylic oxidation sites excluding steroid dienone is 1. The Morgan fingerprint density at radius 1 is 0.881 bits per heavy atom. The van der Waals surface area contributed by atoms with Gasteiger partial charge in [0, 0.05) is 6.42 Å². The molecular formula is C38H68O4. The van der Waals surface area contributed by atoms with E-state index in [9.17, 15) is 14.7 Å². The van der Waals surface area contributed by atoms with E-state index in [2.05, 4.69) is 27.4 Å². The van der Waals surface area contributed by atoms with Gasteiger partial charge in [0.2, 0.25) is 0 Å². The van der Waals surface area contributed by atoms with Crippen molar-refractivity contribution in [3.05, 3.63) is 12.2 Å². The Balaban J connectivity index is 1.50. The zero-order valence-electron chi connectivity index (χ0n) is 28.3. The highest BCUT2D eigenvalue weighted by molar-refractivity contribution is 5.75. The third-order valence-corrected chi connectivity index (χ3v) is 11.3.